The summed E-state index contributed by atoms with van der Waals surface area (Å²) in [6.45, 7) is 3.41. The quantitative estimate of drug-likeness (QED) is 0.710. The Morgan fingerprint density at radius 3 is 2.60 bits per heavy atom. The van der Waals surface area contributed by atoms with Crippen LogP contribution in [0.1, 0.15) is 18.7 Å². The van der Waals surface area contributed by atoms with Gasteiger partial charge in [0.15, 0.2) is 12.2 Å². The normalized spacial score (nSPS) is 13.0. The number of benzene rings is 1. The lowest BCUT2D eigenvalue weighted by molar-refractivity contribution is -0.160. The number of esters is 1. The number of halogens is 2. The molecule has 1 aromatic heterocycles. The third-order valence-electron chi connectivity index (χ3n) is 3.21. The van der Waals surface area contributed by atoms with Gasteiger partial charge < -0.3 is 14.8 Å². The molecule has 0 fully saturated rings. The van der Waals surface area contributed by atoms with Crippen LogP contribution < -0.4 is 10.1 Å². The minimum Gasteiger partial charge on any atom is -0.477 e. The molecule has 1 aromatic carbocycles. The molecule has 0 saturated carbocycles. The first-order chi connectivity index (χ1) is 11.9. The Bertz CT molecular complexity index is 736. The summed E-state index contributed by atoms with van der Waals surface area (Å²) < 4.78 is 10.6. The molecule has 1 N–H and O–H groups in total. The molecule has 0 spiro atoms. The van der Waals surface area contributed by atoms with Crippen molar-refractivity contribution in [2.24, 2.45) is 0 Å². The molecule has 2 aromatic rings. The highest BCUT2D eigenvalue weighted by atomic mass is 35.5. The Morgan fingerprint density at radius 2 is 1.96 bits per heavy atom. The monoisotopic (exact) mass is 401 g/mol. The molecule has 5 nitrogen and oxygen atoms in total. The van der Waals surface area contributed by atoms with E-state index in [-0.39, 0.29) is 10.9 Å². The molecule has 1 amide bonds. The second-order valence-electron chi connectivity index (χ2n) is 5.21. The van der Waals surface area contributed by atoms with E-state index in [1.165, 1.54) is 31.3 Å². The summed E-state index contributed by atoms with van der Waals surface area (Å²) in [5.74, 6) is -0.728. The van der Waals surface area contributed by atoms with Crippen molar-refractivity contribution in [3.63, 3.8) is 0 Å². The Labute approximate surface area is 159 Å². The lowest BCUT2D eigenvalue weighted by Gasteiger charge is -2.18. The molecule has 1 heterocycles. The first kappa shape index (κ1) is 19.6. The smallest absolute Gasteiger partial charge is 0.347 e. The summed E-state index contributed by atoms with van der Waals surface area (Å²) in [5.41, 5.74) is 0. The number of thiophene rings is 1. The number of hydrogen-bond acceptors (Lipinski definition) is 5. The Kier molecular flexibility index (Phi) is 7.11. The summed E-state index contributed by atoms with van der Waals surface area (Å²) in [6, 6.07) is 8.48. The summed E-state index contributed by atoms with van der Waals surface area (Å²) in [6.07, 6.45) is -1.86. The van der Waals surface area contributed by atoms with Gasteiger partial charge in [-0.15, -0.1) is 11.3 Å². The molecule has 25 heavy (non-hydrogen) atoms. The van der Waals surface area contributed by atoms with E-state index in [0.29, 0.717) is 17.3 Å². The van der Waals surface area contributed by atoms with Gasteiger partial charge in [-0.2, -0.15) is 0 Å². The Balaban J connectivity index is 1.83. The molecule has 0 radical (unpaired) electrons. The highest BCUT2D eigenvalue weighted by Crippen LogP contribution is 2.28. The van der Waals surface area contributed by atoms with Crippen molar-refractivity contribution in [3.05, 3.63) is 50.6 Å². The van der Waals surface area contributed by atoms with E-state index in [1.54, 1.807) is 12.1 Å². The third-order valence-corrected chi connectivity index (χ3v) is 4.62. The number of amides is 1. The molecule has 2 rings (SSSR count). The predicted molar refractivity (Wildman–Crippen MR) is 98.3 cm³/mol. The fourth-order valence-corrected chi connectivity index (χ4v) is 2.96. The number of nitrogens with one attached hydrogen (secondary N) is 1. The molecule has 0 aliphatic rings. The second-order valence-corrected chi connectivity index (χ2v) is 7.09. The fourth-order valence-electron chi connectivity index (χ4n) is 1.86. The van der Waals surface area contributed by atoms with Crippen LogP contribution in [0.25, 0.3) is 0 Å². The first-order valence-corrected chi connectivity index (χ1v) is 9.12. The lowest BCUT2D eigenvalue weighted by atomic mass is 10.3. The van der Waals surface area contributed by atoms with Crippen LogP contribution in [0.2, 0.25) is 10.0 Å². The van der Waals surface area contributed by atoms with Crippen molar-refractivity contribution < 1.29 is 19.1 Å². The standard InChI is InChI=1S/C17H17Cl2NO4S/c1-10(16(21)20-9-13-4-3-7-25-13)24-17(22)11(2)23-15-6-5-12(18)8-14(15)19/h3-8,10-11H,9H2,1-2H3,(H,20,21)/t10-,11-/m1/s1. The van der Waals surface area contributed by atoms with Crippen molar-refractivity contribution in [3.8, 4) is 5.75 Å². The van der Waals surface area contributed by atoms with Gasteiger partial charge >= 0.3 is 5.97 Å². The molecule has 0 aliphatic carbocycles. The van der Waals surface area contributed by atoms with Crippen LogP contribution in [0.3, 0.4) is 0 Å². The van der Waals surface area contributed by atoms with Gasteiger partial charge in [0.1, 0.15) is 5.75 Å². The van der Waals surface area contributed by atoms with Crippen LogP contribution in [0.5, 0.6) is 5.75 Å². The van der Waals surface area contributed by atoms with Gasteiger partial charge in [-0.05, 0) is 43.5 Å². The SMILES string of the molecule is C[C@@H](OC(=O)[C@@H](C)Oc1ccc(Cl)cc1Cl)C(=O)NCc1cccs1. The van der Waals surface area contributed by atoms with E-state index in [9.17, 15) is 9.59 Å². The van der Waals surface area contributed by atoms with Crippen LogP contribution in [-0.2, 0) is 20.9 Å². The summed E-state index contributed by atoms with van der Waals surface area (Å²) in [5, 5.41) is 5.38. The van der Waals surface area contributed by atoms with Gasteiger partial charge in [-0.3, -0.25) is 4.79 Å². The average Bonchev–Trinajstić information content (AvgIpc) is 3.08. The Hall–Kier alpha value is -1.76. The Morgan fingerprint density at radius 1 is 1.20 bits per heavy atom. The molecule has 134 valence electrons. The third kappa shape index (κ3) is 5.92. The van der Waals surface area contributed by atoms with Crippen molar-refractivity contribution in [1.82, 2.24) is 5.32 Å². The van der Waals surface area contributed by atoms with Gasteiger partial charge in [-0.1, -0.05) is 29.3 Å². The van der Waals surface area contributed by atoms with E-state index in [2.05, 4.69) is 5.32 Å². The van der Waals surface area contributed by atoms with Crippen molar-refractivity contribution >= 4 is 46.4 Å². The van der Waals surface area contributed by atoms with Crippen LogP contribution in [0.4, 0.5) is 0 Å². The average molecular weight is 402 g/mol. The van der Waals surface area contributed by atoms with E-state index in [4.69, 9.17) is 32.7 Å². The van der Waals surface area contributed by atoms with Gasteiger partial charge in [0.05, 0.1) is 11.6 Å². The van der Waals surface area contributed by atoms with Crippen molar-refractivity contribution in [2.75, 3.05) is 0 Å². The number of carbonyl (C=O) groups is 2. The van der Waals surface area contributed by atoms with Crippen LogP contribution >= 0.6 is 34.5 Å². The van der Waals surface area contributed by atoms with Crippen molar-refractivity contribution in [1.29, 1.82) is 0 Å². The molecule has 2 atom stereocenters. The molecule has 0 unspecified atom stereocenters. The molecule has 0 aliphatic heterocycles. The zero-order chi connectivity index (χ0) is 18.4. The van der Waals surface area contributed by atoms with E-state index in [1.807, 2.05) is 17.5 Å². The second kappa shape index (κ2) is 9.08. The lowest BCUT2D eigenvalue weighted by Crippen LogP contribution is -2.38. The van der Waals surface area contributed by atoms with Crippen molar-refractivity contribution in [2.45, 2.75) is 32.6 Å². The molecule has 8 heteroatoms. The maximum atomic E-state index is 12.1. The number of hydrogen-bond donors (Lipinski definition) is 1. The molecule has 0 saturated heterocycles. The zero-order valence-corrected chi connectivity index (χ0v) is 16.0. The van der Waals surface area contributed by atoms with Gasteiger partial charge in [0, 0.05) is 9.90 Å². The van der Waals surface area contributed by atoms with Gasteiger partial charge in [0.2, 0.25) is 0 Å². The van der Waals surface area contributed by atoms with E-state index >= 15 is 0 Å². The largest absolute Gasteiger partial charge is 0.477 e. The molecule has 0 bridgehead atoms. The van der Waals surface area contributed by atoms with E-state index in [0.717, 1.165) is 4.88 Å². The van der Waals surface area contributed by atoms with Crippen LogP contribution in [-0.4, -0.2) is 24.1 Å². The summed E-state index contributed by atoms with van der Waals surface area (Å²) in [4.78, 5) is 25.1. The summed E-state index contributed by atoms with van der Waals surface area (Å²) >= 11 is 13.3. The highest BCUT2D eigenvalue weighted by molar-refractivity contribution is 7.09. The molecular formula is C17H17Cl2NO4S. The summed E-state index contributed by atoms with van der Waals surface area (Å²) in [7, 11) is 0. The van der Waals surface area contributed by atoms with E-state index < -0.39 is 18.2 Å². The minimum absolute atomic E-state index is 0.286. The van der Waals surface area contributed by atoms with Gasteiger partial charge in [0.25, 0.3) is 5.91 Å². The topological polar surface area (TPSA) is 64.6 Å². The fraction of sp³-hybridized carbons (Fsp3) is 0.294. The van der Waals surface area contributed by atoms with Crippen LogP contribution in [0.15, 0.2) is 35.7 Å². The number of carbonyl (C=O) groups excluding carboxylic acids is 2. The van der Waals surface area contributed by atoms with Crippen LogP contribution in [0, 0.1) is 0 Å². The maximum Gasteiger partial charge on any atom is 0.347 e. The predicted octanol–water partition coefficient (Wildman–Crippen LogP) is 4.07. The number of rotatable bonds is 7. The molecular weight excluding hydrogens is 385 g/mol. The minimum atomic E-state index is -0.931. The highest BCUT2D eigenvalue weighted by Gasteiger charge is 2.23. The first-order valence-electron chi connectivity index (χ1n) is 7.49. The maximum absolute atomic E-state index is 12.1. The number of ether oxygens (including phenoxy) is 2. The van der Waals surface area contributed by atoms with Gasteiger partial charge in [-0.25, -0.2) is 4.79 Å². The zero-order valence-electron chi connectivity index (χ0n) is 13.6.